The summed E-state index contributed by atoms with van der Waals surface area (Å²) in [5.74, 6) is 1.32. The number of aliphatic hydroxyl groups excluding tert-OH is 1. The van der Waals surface area contributed by atoms with Crippen LogP contribution in [0.15, 0.2) is 30.9 Å². The molecule has 102 valence electrons. The number of hydrogen-bond donors (Lipinski definition) is 2. The van der Waals surface area contributed by atoms with Crippen molar-refractivity contribution in [3.8, 4) is 11.5 Å². The van der Waals surface area contributed by atoms with Gasteiger partial charge in [0.05, 0.1) is 13.7 Å². The largest absolute Gasteiger partial charge is 0.493 e. The molecule has 0 radical (unpaired) electrons. The number of ether oxygens (including phenoxy) is 2. The van der Waals surface area contributed by atoms with E-state index in [1.54, 1.807) is 7.11 Å². The average molecular weight is 274 g/mol. The van der Waals surface area contributed by atoms with Crippen molar-refractivity contribution in [2.45, 2.75) is 6.54 Å². The molecule has 0 aliphatic heterocycles. The van der Waals surface area contributed by atoms with Gasteiger partial charge in [-0.15, -0.1) is 19.0 Å². The average Bonchev–Trinajstić information content (AvgIpc) is 2.37. The molecule has 1 aromatic rings. The summed E-state index contributed by atoms with van der Waals surface area (Å²) in [5, 5.41) is 11.9. The molecule has 1 rings (SSSR count). The van der Waals surface area contributed by atoms with Crippen LogP contribution >= 0.6 is 12.4 Å². The number of benzene rings is 1. The van der Waals surface area contributed by atoms with Gasteiger partial charge >= 0.3 is 0 Å². The molecule has 18 heavy (non-hydrogen) atoms. The molecular weight excluding hydrogens is 254 g/mol. The lowest BCUT2D eigenvalue weighted by Gasteiger charge is -2.11. The van der Waals surface area contributed by atoms with Crippen LogP contribution in [0, 0.1) is 0 Å². The van der Waals surface area contributed by atoms with Gasteiger partial charge in [-0.25, -0.2) is 0 Å². The molecule has 1 aromatic carbocycles. The molecule has 0 amide bonds. The summed E-state index contributed by atoms with van der Waals surface area (Å²) in [5.41, 5.74) is 1.11. The molecule has 0 unspecified atom stereocenters. The van der Waals surface area contributed by atoms with E-state index in [1.807, 2.05) is 24.3 Å². The molecule has 2 N–H and O–H groups in total. The Kier molecular flexibility index (Phi) is 9.10. The minimum absolute atomic E-state index is 0. The lowest BCUT2D eigenvalue weighted by Crippen LogP contribution is -2.12. The topological polar surface area (TPSA) is 50.7 Å². The van der Waals surface area contributed by atoms with E-state index in [0.29, 0.717) is 11.5 Å². The highest BCUT2D eigenvalue weighted by Crippen LogP contribution is 2.27. The SMILES string of the molecule is C=CCNCc1ccc(OCCO)c(OC)c1.Cl. The van der Waals surface area contributed by atoms with E-state index in [0.717, 1.165) is 18.7 Å². The van der Waals surface area contributed by atoms with E-state index < -0.39 is 0 Å². The molecule has 0 spiro atoms. The summed E-state index contributed by atoms with van der Waals surface area (Å²) in [6.07, 6.45) is 1.82. The first-order valence-corrected chi connectivity index (χ1v) is 5.54. The highest BCUT2D eigenvalue weighted by Gasteiger charge is 2.05. The van der Waals surface area contributed by atoms with Gasteiger partial charge in [0.25, 0.3) is 0 Å². The van der Waals surface area contributed by atoms with Crippen LogP contribution in [0.4, 0.5) is 0 Å². The van der Waals surface area contributed by atoms with Crippen molar-refractivity contribution in [3.63, 3.8) is 0 Å². The van der Waals surface area contributed by atoms with Gasteiger partial charge in [0, 0.05) is 13.1 Å². The number of aliphatic hydroxyl groups is 1. The van der Waals surface area contributed by atoms with Crippen molar-refractivity contribution in [3.05, 3.63) is 36.4 Å². The minimum Gasteiger partial charge on any atom is -0.493 e. The minimum atomic E-state index is -0.00814. The Morgan fingerprint density at radius 3 is 2.78 bits per heavy atom. The van der Waals surface area contributed by atoms with Crippen LogP contribution < -0.4 is 14.8 Å². The quantitative estimate of drug-likeness (QED) is 0.560. The number of nitrogens with one attached hydrogen (secondary N) is 1. The Labute approximate surface area is 114 Å². The summed E-state index contributed by atoms with van der Waals surface area (Å²) in [6.45, 7) is 5.42. The smallest absolute Gasteiger partial charge is 0.161 e. The second-order valence-corrected chi connectivity index (χ2v) is 3.48. The highest BCUT2D eigenvalue weighted by molar-refractivity contribution is 5.85. The molecular formula is C13H20ClNO3. The van der Waals surface area contributed by atoms with Crippen molar-refractivity contribution < 1.29 is 14.6 Å². The Morgan fingerprint density at radius 1 is 1.39 bits per heavy atom. The van der Waals surface area contributed by atoms with Crippen LogP contribution in [0.25, 0.3) is 0 Å². The van der Waals surface area contributed by atoms with Crippen LogP contribution in [0.5, 0.6) is 11.5 Å². The van der Waals surface area contributed by atoms with Crippen LogP contribution in [-0.2, 0) is 6.54 Å². The fraction of sp³-hybridized carbons (Fsp3) is 0.385. The van der Waals surface area contributed by atoms with E-state index in [-0.39, 0.29) is 25.6 Å². The maximum absolute atomic E-state index is 8.70. The van der Waals surface area contributed by atoms with Crippen LogP contribution in [-0.4, -0.2) is 32.0 Å². The lowest BCUT2D eigenvalue weighted by molar-refractivity contribution is 0.196. The zero-order chi connectivity index (χ0) is 12.5. The fourth-order valence-corrected chi connectivity index (χ4v) is 1.42. The van der Waals surface area contributed by atoms with Gasteiger partial charge < -0.3 is 19.9 Å². The molecule has 0 aliphatic carbocycles. The van der Waals surface area contributed by atoms with Crippen molar-refractivity contribution in [2.75, 3.05) is 26.9 Å². The maximum Gasteiger partial charge on any atom is 0.161 e. The predicted molar refractivity (Wildman–Crippen MR) is 74.7 cm³/mol. The second-order valence-electron chi connectivity index (χ2n) is 3.48. The molecule has 0 aliphatic rings. The Hall–Kier alpha value is -1.23. The zero-order valence-corrected chi connectivity index (χ0v) is 11.3. The maximum atomic E-state index is 8.70. The Balaban J connectivity index is 0.00000289. The van der Waals surface area contributed by atoms with Crippen molar-refractivity contribution >= 4 is 12.4 Å². The molecule has 0 fully saturated rings. The van der Waals surface area contributed by atoms with Gasteiger partial charge in [0.15, 0.2) is 11.5 Å². The molecule has 0 aromatic heterocycles. The van der Waals surface area contributed by atoms with Gasteiger partial charge in [0.2, 0.25) is 0 Å². The summed E-state index contributed by atoms with van der Waals surface area (Å²) in [6, 6.07) is 5.73. The van der Waals surface area contributed by atoms with Gasteiger partial charge in [-0.2, -0.15) is 0 Å². The van der Waals surface area contributed by atoms with E-state index in [9.17, 15) is 0 Å². The third kappa shape index (κ3) is 5.40. The third-order valence-electron chi connectivity index (χ3n) is 2.19. The molecule has 0 atom stereocenters. The number of rotatable bonds is 8. The van der Waals surface area contributed by atoms with Crippen LogP contribution in [0.1, 0.15) is 5.56 Å². The van der Waals surface area contributed by atoms with E-state index in [1.165, 1.54) is 0 Å². The summed E-state index contributed by atoms with van der Waals surface area (Å²) < 4.78 is 10.6. The molecule has 0 saturated heterocycles. The summed E-state index contributed by atoms with van der Waals surface area (Å²) in [7, 11) is 1.60. The number of hydrogen-bond acceptors (Lipinski definition) is 4. The first-order chi connectivity index (χ1) is 8.31. The standard InChI is InChI=1S/C13H19NO3.ClH/c1-3-6-14-10-11-4-5-12(17-8-7-15)13(9-11)16-2;/h3-5,9,14-15H,1,6-8,10H2,2H3;1H. The first kappa shape index (κ1) is 16.8. The molecule has 4 nitrogen and oxygen atoms in total. The normalized spacial score (nSPS) is 9.44. The monoisotopic (exact) mass is 273 g/mol. The third-order valence-corrected chi connectivity index (χ3v) is 2.19. The fourth-order valence-electron chi connectivity index (χ4n) is 1.42. The van der Waals surface area contributed by atoms with E-state index in [2.05, 4.69) is 11.9 Å². The van der Waals surface area contributed by atoms with Crippen molar-refractivity contribution in [2.24, 2.45) is 0 Å². The predicted octanol–water partition coefficient (Wildman–Crippen LogP) is 1.76. The highest BCUT2D eigenvalue weighted by atomic mass is 35.5. The zero-order valence-electron chi connectivity index (χ0n) is 10.5. The summed E-state index contributed by atoms with van der Waals surface area (Å²) in [4.78, 5) is 0. The van der Waals surface area contributed by atoms with Crippen LogP contribution in [0.2, 0.25) is 0 Å². The second kappa shape index (κ2) is 9.76. The molecule has 0 heterocycles. The van der Waals surface area contributed by atoms with E-state index in [4.69, 9.17) is 14.6 Å². The van der Waals surface area contributed by atoms with Gasteiger partial charge in [-0.1, -0.05) is 12.1 Å². The van der Waals surface area contributed by atoms with Gasteiger partial charge in [0.1, 0.15) is 6.61 Å². The van der Waals surface area contributed by atoms with Gasteiger partial charge in [-0.3, -0.25) is 0 Å². The molecule has 5 heteroatoms. The van der Waals surface area contributed by atoms with Crippen molar-refractivity contribution in [1.29, 1.82) is 0 Å². The Bertz CT molecular complexity index is 358. The lowest BCUT2D eigenvalue weighted by atomic mass is 10.2. The molecule has 0 bridgehead atoms. The van der Waals surface area contributed by atoms with Gasteiger partial charge in [-0.05, 0) is 17.7 Å². The van der Waals surface area contributed by atoms with E-state index >= 15 is 0 Å². The number of halogens is 1. The Morgan fingerprint density at radius 2 is 2.17 bits per heavy atom. The van der Waals surface area contributed by atoms with Crippen LogP contribution in [0.3, 0.4) is 0 Å². The molecule has 0 saturated carbocycles. The first-order valence-electron chi connectivity index (χ1n) is 5.54. The number of methoxy groups -OCH3 is 1. The van der Waals surface area contributed by atoms with Crippen molar-refractivity contribution in [1.82, 2.24) is 5.32 Å². The summed E-state index contributed by atoms with van der Waals surface area (Å²) >= 11 is 0.